The Balaban J connectivity index is 2.75. The average molecular weight is 300 g/mol. The molecule has 0 saturated heterocycles. The van der Waals surface area contributed by atoms with Gasteiger partial charge in [0, 0.05) is 17.9 Å². The van der Waals surface area contributed by atoms with E-state index in [9.17, 15) is 4.79 Å². The molecule has 1 aromatic heterocycles. The molecule has 0 unspecified atom stereocenters. The summed E-state index contributed by atoms with van der Waals surface area (Å²) >= 11 is 0. The molecule has 0 aliphatic rings. The third-order valence-corrected chi connectivity index (χ3v) is 2.82. The summed E-state index contributed by atoms with van der Waals surface area (Å²) in [5.41, 5.74) is -0.289. The average Bonchev–Trinajstić information content (AvgIpc) is 2.37. The number of nitrogens with one attached hydrogen (secondary N) is 2. The Morgan fingerprint density at radius 3 is 2.50 bits per heavy atom. The molecule has 1 amide bonds. The first-order valence-electron chi connectivity index (χ1n) is 7.23. The number of hydrogen-bond acceptors (Lipinski definition) is 4. The van der Waals surface area contributed by atoms with E-state index in [1.165, 1.54) is 6.20 Å². The fourth-order valence-corrected chi connectivity index (χ4v) is 2.49. The minimum absolute atomic E-state index is 0.0210. The maximum atomic E-state index is 12.2. The van der Waals surface area contributed by atoms with Crippen molar-refractivity contribution in [1.29, 1.82) is 5.26 Å². The van der Waals surface area contributed by atoms with Crippen LogP contribution >= 0.6 is 0 Å². The third kappa shape index (κ3) is 6.40. The lowest BCUT2D eigenvalue weighted by Crippen LogP contribution is -2.46. The number of hydrogen-bond donors (Lipinski definition) is 2. The van der Waals surface area contributed by atoms with Crippen LogP contribution in [0.15, 0.2) is 36.2 Å². The van der Waals surface area contributed by atoms with Crippen molar-refractivity contribution < 1.29 is 4.79 Å². The molecule has 5 heteroatoms. The number of nitrogens with zero attached hydrogens (tertiary/aromatic N) is 2. The maximum absolute atomic E-state index is 12.2. The summed E-state index contributed by atoms with van der Waals surface area (Å²) in [6.07, 6.45) is 3.82. The lowest BCUT2D eigenvalue weighted by atomic mass is 9.81. The Kier molecular flexibility index (Phi) is 5.69. The predicted octanol–water partition coefficient (Wildman–Crippen LogP) is 3.23. The number of carbonyl (C=O) groups is 1. The van der Waals surface area contributed by atoms with Gasteiger partial charge >= 0.3 is 0 Å². The van der Waals surface area contributed by atoms with Gasteiger partial charge in [-0.2, -0.15) is 5.26 Å². The van der Waals surface area contributed by atoms with Gasteiger partial charge in [-0.3, -0.25) is 4.79 Å². The Bertz CT molecular complexity index is 577. The second kappa shape index (κ2) is 7.08. The molecule has 0 radical (unpaired) electrons. The van der Waals surface area contributed by atoms with Crippen LogP contribution in [0.5, 0.6) is 0 Å². The fraction of sp³-hybridized carbons (Fsp3) is 0.471. The molecule has 5 nitrogen and oxygen atoms in total. The first kappa shape index (κ1) is 17.7. The summed E-state index contributed by atoms with van der Waals surface area (Å²) in [7, 11) is 0. The lowest BCUT2D eigenvalue weighted by Gasteiger charge is -2.33. The Hall–Kier alpha value is -2.35. The molecule has 1 heterocycles. The van der Waals surface area contributed by atoms with Crippen LogP contribution in [-0.2, 0) is 4.79 Å². The van der Waals surface area contributed by atoms with Gasteiger partial charge in [-0.05, 0) is 37.8 Å². The van der Waals surface area contributed by atoms with Gasteiger partial charge < -0.3 is 10.6 Å². The van der Waals surface area contributed by atoms with Gasteiger partial charge in [0.15, 0.2) is 0 Å². The first-order chi connectivity index (χ1) is 10.1. The molecule has 0 spiro atoms. The van der Waals surface area contributed by atoms with Crippen molar-refractivity contribution in [3.63, 3.8) is 0 Å². The van der Waals surface area contributed by atoms with E-state index < -0.39 is 5.54 Å². The highest BCUT2D eigenvalue weighted by molar-refractivity contribution is 5.97. The molecule has 0 saturated carbocycles. The van der Waals surface area contributed by atoms with Crippen LogP contribution in [0.25, 0.3) is 0 Å². The molecule has 0 fully saturated rings. The number of carbonyl (C=O) groups excluding carboxylic acids is 1. The quantitative estimate of drug-likeness (QED) is 0.646. The van der Waals surface area contributed by atoms with Crippen LogP contribution in [0.3, 0.4) is 0 Å². The Morgan fingerprint density at radius 1 is 1.32 bits per heavy atom. The summed E-state index contributed by atoms with van der Waals surface area (Å²) < 4.78 is 0. The van der Waals surface area contributed by atoms with E-state index in [2.05, 4.69) is 36.4 Å². The van der Waals surface area contributed by atoms with E-state index in [1.54, 1.807) is 18.3 Å². The summed E-state index contributed by atoms with van der Waals surface area (Å²) in [5, 5.41) is 14.9. The molecule has 0 aliphatic carbocycles. The highest BCUT2D eigenvalue weighted by Crippen LogP contribution is 2.26. The third-order valence-electron chi connectivity index (χ3n) is 2.82. The topological polar surface area (TPSA) is 77.8 Å². The van der Waals surface area contributed by atoms with E-state index in [0.29, 0.717) is 5.82 Å². The number of rotatable bonds is 5. The standard InChI is InChI=1S/C17H24N4O/c1-16(2,3)12-17(4,5)21-15(22)13(10-18)11-20-14-8-6-7-9-19-14/h6-9,11H,12H2,1-5H3,(H,19,20)(H,21,22)/b13-11-. The molecule has 22 heavy (non-hydrogen) atoms. The van der Waals surface area contributed by atoms with Gasteiger partial charge in [-0.15, -0.1) is 0 Å². The molecule has 0 aliphatic heterocycles. The highest BCUT2D eigenvalue weighted by Gasteiger charge is 2.28. The zero-order valence-electron chi connectivity index (χ0n) is 13.9. The Labute approximate surface area is 132 Å². The van der Waals surface area contributed by atoms with Gasteiger partial charge in [-0.25, -0.2) is 4.98 Å². The summed E-state index contributed by atoms with van der Waals surface area (Å²) in [6, 6.07) is 7.29. The molecular weight excluding hydrogens is 276 g/mol. The molecule has 0 aromatic carbocycles. The van der Waals surface area contributed by atoms with E-state index in [-0.39, 0.29) is 16.9 Å². The molecule has 118 valence electrons. The van der Waals surface area contributed by atoms with Crippen molar-refractivity contribution in [2.45, 2.75) is 46.6 Å². The SMILES string of the molecule is CC(C)(C)CC(C)(C)NC(=O)/C(C#N)=C\Nc1ccccn1. The van der Waals surface area contributed by atoms with Crippen LogP contribution in [0.1, 0.15) is 41.0 Å². The van der Waals surface area contributed by atoms with Crippen molar-refractivity contribution in [2.75, 3.05) is 5.32 Å². The first-order valence-corrected chi connectivity index (χ1v) is 7.23. The van der Waals surface area contributed by atoms with Crippen molar-refractivity contribution >= 4 is 11.7 Å². The van der Waals surface area contributed by atoms with Gasteiger partial charge in [0.1, 0.15) is 17.5 Å². The number of amides is 1. The van der Waals surface area contributed by atoms with Gasteiger partial charge in [0.2, 0.25) is 0 Å². The zero-order valence-corrected chi connectivity index (χ0v) is 13.9. The minimum atomic E-state index is -0.393. The second-order valence-electron chi connectivity index (χ2n) is 7.10. The summed E-state index contributed by atoms with van der Waals surface area (Å²) in [5.74, 6) is 0.192. The molecular formula is C17H24N4O. The molecule has 1 rings (SSSR count). The van der Waals surface area contributed by atoms with Crippen LogP contribution in [0.2, 0.25) is 0 Å². The number of aromatic nitrogens is 1. The van der Waals surface area contributed by atoms with E-state index in [4.69, 9.17) is 5.26 Å². The highest BCUT2D eigenvalue weighted by atomic mass is 16.1. The van der Waals surface area contributed by atoms with E-state index in [0.717, 1.165) is 6.42 Å². The number of anilines is 1. The molecule has 0 atom stereocenters. The van der Waals surface area contributed by atoms with E-state index in [1.807, 2.05) is 26.0 Å². The monoisotopic (exact) mass is 300 g/mol. The maximum Gasteiger partial charge on any atom is 0.263 e. The van der Waals surface area contributed by atoms with Crippen LogP contribution < -0.4 is 10.6 Å². The second-order valence-corrected chi connectivity index (χ2v) is 7.10. The molecule has 0 bridgehead atoms. The smallest absolute Gasteiger partial charge is 0.263 e. The Morgan fingerprint density at radius 2 is 2.00 bits per heavy atom. The van der Waals surface area contributed by atoms with Crippen LogP contribution in [0.4, 0.5) is 5.82 Å². The zero-order chi connectivity index (χ0) is 16.8. The summed E-state index contributed by atoms with van der Waals surface area (Å²) in [6.45, 7) is 10.3. The van der Waals surface area contributed by atoms with E-state index >= 15 is 0 Å². The normalized spacial score (nSPS) is 12.5. The molecule has 2 N–H and O–H groups in total. The van der Waals surface area contributed by atoms with Crippen molar-refractivity contribution in [3.8, 4) is 6.07 Å². The lowest BCUT2D eigenvalue weighted by molar-refractivity contribution is -0.118. The van der Waals surface area contributed by atoms with Crippen molar-refractivity contribution in [3.05, 3.63) is 36.2 Å². The predicted molar refractivity (Wildman–Crippen MR) is 87.8 cm³/mol. The number of nitriles is 1. The van der Waals surface area contributed by atoms with Crippen molar-refractivity contribution in [2.24, 2.45) is 5.41 Å². The number of pyridine rings is 1. The summed E-state index contributed by atoms with van der Waals surface area (Å²) in [4.78, 5) is 16.3. The van der Waals surface area contributed by atoms with Gasteiger partial charge in [0.05, 0.1) is 0 Å². The van der Waals surface area contributed by atoms with Crippen molar-refractivity contribution in [1.82, 2.24) is 10.3 Å². The minimum Gasteiger partial charge on any atom is -0.346 e. The van der Waals surface area contributed by atoms with Gasteiger partial charge in [0.25, 0.3) is 5.91 Å². The van der Waals surface area contributed by atoms with Crippen LogP contribution in [0, 0.1) is 16.7 Å². The van der Waals surface area contributed by atoms with Crippen LogP contribution in [-0.4, -0.2) is 16.4 Å². The van der Waals surface area contributed by atoms with Gasteiger partial charge in [-0.1, -0.05) is 26.8 Å². The molecule has 1 aromatic rings. The largest absolute Gasteiger partial charge is 0.346 e. The fourth-order valence-electron chi connectivity index (χ4n) is 2.49.